The monoisotopic (exact) mass is 395 g/mol. The first-order chi connectivity index (χ1) is 13.5. The molecule has 9 nitrogen and oxygen atoms in total. The SMILES string of the molecule is CCOC(=O)c1ccc(C(C[N+](=O)[O-])C(C(=O)OCC)C2OCCCO2)cc1. The summed E-state index contributed by atoms with van der Waals surface area (Å²) in [5.74, 6) is -2.94. The van der Waals surface area contributed by atoms with Crippen molar-refractivity contribution in [3.63, 3.8) is 0 Å². The van der Waals surface area contributed by atoms with Gasteiger partial charge < -0.3 is 18.9 Å². The molecule has 28 heavy (non-hydrogen) atoms. The zero-order valence-electron chi connectivity index (χ0n) is 16.0. The van der Waals surface area contributed by atoms with Crippen LogP contribution in [0.4, 0.5) is 0 Å². The van der Waals surface area contributed by atoms with E-state index in [0.717, 1.165) is 0 Å². The van der Waals surface area contributed by atoms with Crippen LogP contribution in [-0.4, -0.2) is 56.1 Å². The van der Waals surface area contributed by atoms with Crippen LogP contribution in [0.15, 0.2) is 24.3 Å². The summed E-state index contributed by atoms with van der Waals surface area (Å²) in [6, 6.07) is 6.20. The Morgan fingerprint density at radius 2 is 1.75 bits per heavy atom. The van der Waals surface area contributed by atoms with Gasteiger partial charge in [-0.15, -0.1) is 0 Å². The molecule has 2 unspecified atom stereocenters. The molecule has 1 aliphatic rings. The van der Waals surface area contributed by atoms with Gasteiger partial charge in [0.2, 0.25) is 6.54 Å². The number of esters is 2. The maximum Gasteiger partial charge on any atom is 0.338 e. The molecule has 0 N–H and O–H groups in total. The Hall–Kier alpha value is -2.52. The van der Waals surface area contributed by atoms with E-state index in [0.29, 0.717) is 30.8 Å². The molecule has 0 aliphatic carbocycles. The molecular formula is C19H25NO8. The molecule has 2 rings (SSSR count). The third-order valence-corrected chi connectivity index (χ3v) is 4.33. The van der Waals surface area contributed by atoms with Crippen molar-refractivity contribution in [1.29, 1.82) is 0 Å². The first-order valence-corrected chi connectivity index (χ1v) is 9.26. The number of rotatable bonds is 9. The quantitative estimate of drug-likeness (QED) is 0.355. The van der Waals surface area contributed by atoms with Gasteiger partial charge in [0.1, 0.15) is 5.92 Å². The maximum absolute atomic E-state index is 12.6. The van der Waals surface area contributed by atoms with Crippen LogP contribution >= 0.6 is 0 Å². The first-order valence-electron chi connectivity index (χ1n) is 9.26. The summed E-state index contributed by atoms with van der Waals surface area (Å²) in [5, 5.41) is 11.3. The van der Waals surface area contributed by atoms with Gasteiger partial charge in [0.25, 0.3) is 0 Å². The van der Waals surface area contributed by atoms with Gasteiger partial charge in [-0.2, -0.15) is 0 Å². The molecule has 1 saturated heterocycles. The number of nitrogens with zero attached hydrogens (tertiary/aromatic N) is 1. The predicted molar refractivity (Wildman–Crippen MR) is 97.4 cm³/mol. The van der Waals surface area contributed by atoms with Crippen molar-refractivity contribution in [2.75, 3.05) is 33.0 Å². The number of benzene rings is 1. The summed E-state index contributed by atoms with van der Waals surface area (Å²) in [5.41, 5.74) is 0.837. The summed E-state index contributed by atoms with van der Waals surface area (Å²) in [4.78, 5) is 35.3. The Morgan fingerprint density at radius 1 is 1.14 bits per heavy atom. The average Bonchev–Trinajstić information content (AvgIpc) is 2.68. The molecule has 1 aromatic rings. The Labute approximate surface area is 163 Å². The maximum atomic E-state index is 12.6. The van der Waals surface area contributed by atoms with E-state index in [1.165, 1.54) is 12.1 Å². The van der Waals surface area contributed by atoms with Gasteiger partial charge in [-0.25, -0.2) is 4.79 Å². The molecule has 0 spiro atoms. The van der Waals surface area contributed by atoms with Crippen LogP contribution in [0, 0.1) is 16.0 Å². The van der Waals surface area contributed by atoms with Gasteiger partial charge in [-0.3, -0.25) is 14.9 Å². The summed E-state index contributed by atoms with van der Waals surface area (Å²) >= 11 is 0. The fourth-order valence-corrected chi connectivity index (χ4v) is 3.08. The minimum Gasteiger partial charge on any atom is -0.466 e. The molecule has 0 aromatic heterocycles. The highest BCUT2D eigenvalue weighted by Gasteiger charge is 2.42. The molecule has 2 atom stereocenters. The van der Waals surface area contributed by atoms with Crippen LogP contribution in [0.5, 0.6) is 0 Å². The smallest absolute Gasteiger partial charge is 0.338 e. The van der Waals surface area contributed by atoms with E-state index >= 15 is 0 Å². The minimum atomic E-state index is -1.00. The molecule has 1 fully saturated rings. The molecule has 0 radical (unpaired) electrons. The number of carbonyl (C=O) groups excluding carboxylic acids is 2. The van der Waals surface area contributed by atoms with E-state index in [-0.39, 0.29) is 13.2 Å². The van der Waals surface area contributed by atoms with Crippen LogP contribution in [0.3, 0.4) is 0 Å². The molecular weight excluding hydrogens is 370 g/mol. The van der Waals surface area contributed by atoms with Crippen LogP contribution in [0.1, 0.15) is 42.1 Å². The molecule has 0 saturated carbocycles. The highest BCUT2D eigenvalue weighted by Crippen LogP contribution is 2.32. The first kappa shape index (κ1) is 21.8. The lowest BCUT2D eigenvalue weighted by atomic mass is 9.84. The standard InChI is InChI=1S/C19H25NO8/c1-3-25-17(21)14-8-6-13(7-9-14)15(12-20(23)24)16(18(22)26-4-2)19-27-10-5-11-28-19/h6-9,15-16,19H,3-5,10-12H2,1-2H3. The van der Waals surface area contributed by atoms with Crippen molar-refractivity contribution in [3.8, 4) is 0 Å². The molecule has 1 aliphatic heterocycles. The second kappa shape index (κ2) is 10.7. The van der Waals surface area contributed by atoms with Crippen molar-refractivity contribution in [2.24, 2.45) is 5.92 Å². The molecule has 1 heterocycles. The number of nitro groups is 1. The van der Waals surface area contributed by atoms with E-state index in [1.54, 1.807) is 26.0 Å². The third kappa shape index (κ3) is 5.74. The van der Waals surface area contributed by atoms with Gasteiger partial charge in [0, 0.05) is 4.92 Å². The van der Waals surface area contributed by atoms with Crippen molar-refractivity contribution < 1.29 is 33.5 Å². The molecule has 9 heteroatoms. The summed E-state index contributed by atoms with van der Waals surface area (Å²) in [6.07, 6.45) is -0.248. The van der Waals surface area contributed by atoms with E-state index in [1.807, 2.05) is 0 Å². The van der Waals surface area contributed by atoms with Crippen molar-refractivity contribution >= 4 is 11.9 Å². The van der Waals surface area contributed by atoms with Gasteiger partial charge in [-0.05, 0) is 38.0 Å². The van der Waals surface area contributed by atoms with Gasteiger partial charge in [-0.1, -0.05) is 12.1 Å². The van der Waals surface area contributed by atoms with Crippen LogP contribution in [0.25, 0.3) is 0 Å². The van der Waals surface area contributed by atoms with Crippen LogP contribution < -0.4 is 0 Å². The van der Waals surface area contributed by atoms with Gasteiger partial charge >= 0.3 is 11.9 Å². The molecule has 1 aromatic carbocycles. The summed E-state index contributed by atoms with van der Waals surface area (Å²) in [6.45, 7) is 4.02. The van der Waals surface area contributed by atoms with Crippen LogP contribution in [0.2, 0.25) is 0 Å². The van der Waals surface area contributed by atoms with Crippen molar-refractivity contribution in [2.45, 2.75) is 32.5 Å². The topological polar surface area (TPSA) is 114 Å². The zero-order valence-corrected chi connectivity index (χ0v) is 16.0. The molecule has 154 valence electrons. The van der Waals surface area contributed by atoms with E-state index in [4.69, 9.17) is 18.9 Å². The van der Waals surface area contributed by atoms with Gasteiger partial charge in [0.15, 0.2) is 6.29 Å². The average molecular weight is 395 g/mol. The number of hydrogen-bond donors (Lipinski definition) is 0. The highest BCUT2D eigenvalue weighted by molar-refractivity contribution is 5.89. The summed E-state index contributed by atoms with van der Waals surface area (Å²) in [7, 11) is 0. The Kier molecular flexibility index (Phi) is 8.34. The fourth-order valence-electron chi connectivity index (χ4n) is 3.08. The lowest BCUT2D eigenvalue weighted by molar-refractivity contribution is -0.485. The van der Waals surface area contributed by atoms with E-state index in [9.17, 15) is 19.7 Å². The van der Waals surface area contributed by atoms with Crippen molar-refractivity contribution in [3.05, 3.63) is 45.5 Å². The van der Waals surface area contributed by atoms with Crippen molar-refractivity contribution in [1.82, 2.24) is 0 Å². The Morgan fingerprint density at radius 3 is 2.29 bits per heavy atom. The largest absolute Gasteiger partial charge is 0.466 e. The summed E-state index contributed by atoms with van der Waals surface area (Å²) < 4.78 is 21.2. The minimum absolute atomic E-state index is 0.134. The Balaban J connectivity index is 2.35. The number of ether oxygens (including phenoxy) is 4. The highest BCUT2D eigenvalue weighted by atomic mass is 16.7. The fraction of sp³-hybridized carbons (Fsp3) is 0.579. The third-order valence-electron chi connectivity index (χ3n) is 4.33. The number of hydrogen-bond acceptors (Lipinski definition) is 8. The zero-order chi connectivity index (χ0) is 20.5. The lowest BCUT2D eigenvalue weighted by Gasteiger charge is -2.32. The number of carbonyl (C=O) groups is 2. The van der Waals surface area contributed by atoms with Gasteiger partial charge in [0.05, 0.1) is 37.9 Å². The Bertz CT molecular complexity index is 669. The predicted octanol–water partition coefficient (Wildman–Crippen LogP) is 2.17. The second-order valence-corrected chi connectivity index (χ2v) is 6.21. The molecule has 0 amide bonds. The van der Waals surface area contributed by atoms with E-state index < -0.39 is 41.5 Å². The lowest BCUT2D eigenvalue weighted by Crippen LogP contribution is -2.42. The second-order valence-electron chi connectivity index (χ2n) is 6.21. The normalized spacial score (nSPS) is 16.8. The molecule has 0 bridgehead atoms. The van der Waals surface area contributed by atoms with Crippen LogP contribution in [-0.2, 0) is 23.7 Å². The van der Waals surface area contributed by atoms with E-state index in [2.05, 4.69) is 0 Å².